The molecule has 1 aromatic heterocycles. The van der Waals surface area contributed by atoms with Gasteiger partial charge in [0, 0.05) is 30.2 Å². The van der Waals surface area contributed by atoms with Gasteiger partial charge in [0.25, 0.3) is 0 Å². The fraction of sp³-hybridized carbons (Fsp3) is 0.562. The molecule has 120 valence electrons. The van der Waals surface area contributed by atoms with Gasteiger partial charge in [0.1, 0.15) is 0 Å². The molecular formula is C16H24IN5. The lowest BCUT2D eigenvalue weighted by Gasteiger charge is -2.24. The van der Waals surface area contributed by atoms with E-state index in [4.69, 9.17) is 0 Å². The number of rotatable bonds is 3. The summed E-state index contributed by atoms with van der Waals surface area (Å²) in [7, 11) is 0. The van der Waals surface area contributed by atoms with E-state index in [2.05, 4.69) is 31.5 Å². The fourth-order valence-corrected chi connectivity index (χ4v) is 3.03. The highest BCUT2D eigenvalue weighted by Crippen LogP contribution is 2.23. The van der Waals surface area contributed by atoms with E-state index in [1.807, 2.05) is 19.9 Å². The number of nitrogens with one attached hydrogen (secondary N) is 1. The van der Waals surface area contributed by atoms with Gasteiger partial charge >= 0.3 is 0 Å². The topological polar surface area (TPSA) is 53.4 Å². The van der Waals surface area contributed by atoms with Crippen LogP contribution in [0.15, 0.2) is 22.9 Å². The Morgan fingerprint density at radius 3 is 2.41 bits per heavy atom. The van der Waals surface area contributed by atoms with Gasteiger partial charge in [0.15, 0.2) is 0 Å². The summed E-state index contributed by atoms with van der Waals surface area (Å²) in [4.78, 5) is 11.2. The lowest BCUT2D eigenvalue weighted by Crippen LogP contribution is -2.22. The Kier molecular flexibility index (Phi) is 6.16. The molecule has 1 fully saturated rings. The zero-order chi connectivity index (χ0) is 14.7. The third-order valence-corrected chi connectivity index (χ3v) is 3.99. The van der Waals surface area contributed by atoms with Crippen molar-refractivity contribution in [3.05, 3.63) is 29.2 Å². The van der Waals surface area contributed by atoms with Crippen molar-refractivity contribution in [2.45, 2.75) is 46.0 Å². The number of halogens is 1. The lowest BCUT2D eigenvalue weighted by atomic mass is 10.0. The Morgan fingerprint density at radius 1 is 1.05 bits per heavy atom. The quantitative estimate of drug-likeness (QED) is 0.607. The summed E-state index contributed by atoms with van der Waals surface area (Å²) in [6.07, 6.45) is 8.26. The molecule has 6 heteroatoms. The largest absolute Gasteiger partial charge is 0.375 e. The summed E-state index contributed by atoms with van der Waals surface area (Å²) in [5.41, 5.74) is 7.48. The normalized spacial score (nSPS) is 19.8. The molecule has 0 amide bonds. The summed E-state index contributed by atoms with van der Waals surface area (Å²) in [6, 6.07) is 1.96. The molecule has 0 spiro atoms. The second-order valence-corrected chi connectivity index (χ2v) is 5.87. The van der Waals surface area contributed by atoms with Crippen LogP contribution in [0.4, 0.5) is 5.95 Å². The first-order chi connectivity index (χ1) is 10.2. The van der Waals surface area contributed by atoms with Crippen molar-refractivity contribution >= 4 is 35.6 Å². The number of aromatic nitrogens is 2. The summed E-state index contributed by atoms with van der Waals surface area (Å²) in [5.74, 6) is 0.585. The minimum absolute atomic E-state index is 0. The van der Waals surface area contributed by atoms with Gasteiger partial charge in [0.2, 0.25) is 5.95 Å². The van der Waals surface area contributed by atoms with Gasteiger partial charge in [-0.2, -0.15) is 5.10 Å². The van der Waals surface area contributed by atoms with Crippen LogP contribution in [0.2, 0.25) is 0 Å². The highest BCUT2D eigenvalue weighted by Gasteiger charge is 2.18. The molecule has 0 aromatic carbocycles. The molecule has 0 atom stereocenters. The van der Waals surface area contributed by atoms with E-state index in [0.29, 0.717) is 5.95 Å². The first-order valence-corrected chi connectivity index (χ1v) is 7.81. The van der Waals surface area contributed by atoms with Crippen molar-refractivity contribution in [1.29, 1.82) is 0 Å². The van der Waals surface area contributed by atoms with Crippen LogP contribution in [0.25, 0.3) is 0 Å². The molecule has 22 heavy (non-hydrogen) atoms. The van der Waals surface area contributed by atoms with Crippen LogP contribution in [0, 0.1) is 13.8 Å². The highest BCUT2D eigenvalue weighted by molar-refractivity contribution is 14.0. The average molecular weight is 413 g/mol. The maximum atomic E-state index is 4.50. The first-order valence-electron chi connectivity index (χ1n) is 7.81. The molecule has 1 aromatic rings. The number of aryl methyl sites for hydroxylation is 2. The number of hydrogen-bond acceptors (Lipinski definition) is 5. The summed E-state index contributed by atoms with van der Waals surface area (Å²) < 4.78 is 0. The number of likely N-dealkylation sites (tertiary alicyclic amines) is 1. The second kappa shape index (κ2) is 7.89. The van der Waals surface area contributed by atoms with Gasteiger partial charge in [-0.25, -0.2) is 15.4 Å². The molecule has 1 aliphatic heterocycles. The van der Waals surface area contributed by atoms with Gasteiger partial charge in [-0.15, -0.1) is 24.0 Å². The zero-order valence-electron chi connectivity index (χ0n) is 13.3. The number of nitrogens with zero attached hydrogens (tertiary/aromatic N) is 4. The Hall–Kier alpha value is -1.18. The SMILES string of the molecule is Cc1cc(C)nc(N/N=C2\C=C(N3CCCC3)CCC2)n1.I. The van der Waals surface area contributed by atoms with Crippen molar-refractivity contribution in [3.63, 3.8) is 0 Å². The summed E-state index contributed by atoms with van der Waals surface area (Å²) in [6.45, 7) is 6.34. The van der Waals surface area contributed by atoms with E-state index < -0.39 is 0 Å². The molecule has 0 radical (unpaired) electrons. The van der Waals surface area contributed by atoms with Gasteiger partial charge in [-0.1, -0.05) is 0 Å². The maximum absolute atomic E-state index is 4.50. The van der Waals surface area contributed by atoms with Gasteiger partial charge in [0.05, 0.1) is 5.71 Å². The van der Waals surface area contributed by atoms with E-state index in [1.54, 1.807) is 0 Å². The predicted octanol–water partition coefficient (Wildman–Crippen LogP) is 3.64. The van der Waals surface area contributed by atoms with Gasteiger partial charge in [-0.3, -0.25) is 0 Å². The van der Waals surface area contributed by atoms with Crippen LogP contribution >= 0.6 is 24.0 Å². The first kappa shape index (κ1) is 17.2. The number of allylic oxidation sites excluding steroid dienone is 2. The Bertz CT molecular complexity index is 556. The maximum Gasteiger partial charge on any atom is 0.243 e. The third-order valence-electron chi connectivity index (χ3n) is 3.99. The van der Waals surface area contributed by atoms with Crippen LogP contribution in [-0.4, -0.2) is 33.7 Å². The Labute approximate surface area is 149 Å². The van der Waals surface area contributed by atoms with Crippen LogP contribution in [0.5, 0.6) is 0 Å². The highest BCUT2D eigenvalue weighted by atomic mass is 127. The standard InChI is InChI=1S/C16H23N5.HI/c1-12-10-13(2)18-16(17-12)20-19-14-6-5-7-15(11-14)21-8-3-4-9-21;/h10-11H,3-9H2,1-2H3,(H,17,18,20);1H/b19-14-;. The van der Waals surface area contributed by atoms with Gasteiger partial charge < -0.3 is 4.90 Å². The molecule has 3 rings (SSSR count). The van der Waals surface area contributed by atoms with Crippen LogP contribution < -0.4 is 5.43 Å². The van der Waals surface area contributed by atoms with Crippen molar-refractivity contribution in [1.82, 2.24) is 14.9 Å². The second-order valence-electron chi connectivity index (χ2n) is 5.87. The van der Waals surface area contributed by atoms with Crippen molar-refractivity contribution in [2.24, 2.45) is 5.10 Å². The van der Waals surface area contributed by atoms with Gasteiger partial charge in [-0.05, 0) is 58.1 Å². The van der Waals surface area contributed by atoms with E-state index in [-0.39, 0.29) is 24.0 Å². The Morgan fingerprint density at radius 2 is 1.73 bits per heavy atom. The molecule has 1 saturated heterocycles. The third kappa shape index (κ3) is 4.41. The molecule has 0 saturated carbocycles. The van der Waals surface area contributed by atoms with Crippen LogP contribution in [0.1, 0.15) is 43.5 Å². The molecular weight excluding hydrogens is 389 g/mol. The molecule has 2 heterocycles. The minimum Gasteiger partial charge on any atom is -0.375 e. The van der Waals surface area contributed by atoms with Crippen LogP contribution in [-0.2, 0) is 0 Å². The predicted molar refractivity (Wildman–Crippen MR) is 101 cm³/mol. The number of anilines is 1. The molecule has 0 unspecified atom stereocenters. The molecule has 5 nitrogen and oxygen atoms in total. The zero-order valence-corrected chi connectivity index (χ0v) is 15.6. The number of hydrogen-bond donors (Lipinski definition) is 1. The van der Waals surface area contributed by atoms with Crippen molar-refractivity contribution < 1.29 is 0 Å². The molecule has 2 aliphatic rings. The minimum atomic E-state index is 0. The van der Waals surface area contributed by atoms with E-state index in [9.17, 15) is 0 Å². The lowest BCUT2D eigenvalue weighted by molar-refractivity contribution is 0.404. The fourth-order valence-electron chi connectivity index (χ4n) is 3.03. The Balaban J connectivity index is 0.00000176. The smallest absolute Gasteiger partial charge is 0.243 e. The molecule has 1 N–H and O–H groups in total. The van der Waals surface area contributed by atoms with Crippen molar-refractivity contribution in [3.8, 4) is 0 Å². The summed E-state index contributed by atoms with van der Waals surface area (Å²) in [5, 5.41) is 4.50. The van der Waals surface area contributed by atoms with E-state index >= 15 is 0 Å². The average Bonchev–Trinajstić information content (AvgIpc) is 2.99. The number of hydrazone groups is 1. The van der Waals surface area contributed by atoms with Crippen molar-refractivity contribution in [2.75, 3.05) is 18.5 Å². The summed E-state index contributed by atoms with van der Waals surface area (Å²) >= 11 is 0. The molecule has 1 aliphatic carbocycles. The van der Waals surface area contributed by atoms with E-state index in [0.717, 1.165) is 23.5 Å². The van der Waals surface area contributed by atoms with E-state index in [1.165, 1.54) is 44.5 Å². The molecule has 0 bridgehead atoms. The van der Waals surface area contributed by atoms with Crippen LogP contribution in [0.3, 0.4) is 0 Å². The monoisotopic (exact) mass is 413 g/mol.